The van der Waals surface area contributed by atoms with Crippen LogP contribution in [0.15, 0.2) is 58.3 Å². The molecular formula is C22H24N8O. The van der Waals surface area contributed by atoms with Crippen LogP contribution in [0.3, 0.4) is 0 Å². The van der Waals surface area contributed by atoms with Crippen molar-refractivity contribution in [3.05, 3.63) is 48.4 Å². The topological polar surface area (TPSA) is 111 Å². The first kappa shape index (κ1) is 19.3. The van der Waals surface area contributed by atoms with E-state index >= 15 is 0 Å². The van der Waals surface area contributed by atoms with Gasteiger partial charge in [-0.1, -0.05) is 12.1 Å². The SMILES string of the molecule is O=C(CNc1cccc(C2=NN=NC2)c1)C[C@@H]1CCCN(c2ncnc3[nH]ccc23)C1. The largest absolute Gasteiger partial charge is 0.378 e. The smallest absolute Gasteiger partial charge is 0.152 e. The Labute approximate surface area is 179 Å². The zero-order valence-electron chi connectivity index (χ0n) is 17.2. The van der Waals surface area contributed by atoms with E-state index in [1.807, 2.05) is 36.5 Å². The van der Waals surface area contributed by atoms with Gasteiger partial charge >= 0.3 is 0 Å². The molecule has 1 saturated heterocycles. The summed E-state index contributed by atoms with van der Waals surface area (Å²) in [6, 6.07) is 9.89. The minimum atomic E-state index is 0.218. The monoisotopic (exact) mass is 416 g/mol. The molecule has 1 atom stereocenters. The summed E-state index contributed by atoms with van der Waals surface area (Å²) < 4.78 is 0. The van der Waals surface area contributed by atoms with Gasteiger partial charge in [0.15, 0.2) is 5.78 Å². The second-order valence-electron chi connectivity index (χ2n) is 8.00. The van der Waals surface area contributed by atoms with Crippen molar-refractivity contribution in [1.29, 1.82) is 0 Å². The average Bonchev–Trinajstić information content (AvgIpc) is 3.50. The van der Waals surface area contributed by atoms with Crippen LogP contribution in [-0.2, 0) is 4.79 Å². The highest BCUT2D eigenvalue weighted by molar-refractivity contribution is 6.03. The molecule has 4 heterocycles. The molecule has 0 radical (unpaired) electrons. The van der Waals surface area contributed by atoms with Crippen molar-refractivity contribution in [3.63, 3.8) is 0 Å². The van der Waals surface area contributed by atoms with E-state index < -0.39 is 0 Å². The lowest BCUT2D eigenvalue weighted by Crippen LogP contribution is -2.37. The fourth-order valence-electron chi connectivity index (χ4n) is 4.30. The average molecular weight is 416 g/mol. The normalized spacial score (nSPS) is 18.4. The van der Waals surface area contributed by atoms with Crippen LogP contribution >= 0.6 is 0 Å². The van der Waals surface area contributed by atoms with E-state index in [1.54, 1.807) is 6.33 Å². The number of hydrogen-bond donors (Lipinski definition) is 2. The number of carbonyl (C=O) groups excluding carboxylic acids is 1. The minimum absolute atomic E-state index is 0.218. The number of carbonyl (C=O) groups is 1. The number of H-pyrrole nitrogens is 1. The van der Waals surface area contributed by atoms with Crippen LogP contribution in [0.4, 0.5) is 11.5 Å². The number of benzene rings is 1. The van der Waals surface area contributed by atoms with Crippen LogP contribution < -0.4 is 10.2 Å². The Morgan fingerprint density at radius 1 is 1.26 bits per heavy atom. The summed E-state index contributed by atoms with van der Waals surface area (Å²) in [4.78, 5) is 26.9. The molecule has 0 spiro atoms. The summed E-state index contributed by atoms with van der Waals surface area (Å²) in [6.45, 7) is 2.61. The number of nitrogens with one attached hydrogen (secondary N) is 2. The molecule has 0 amide bonds. The van der Waals surface area contributed by atoms with Gasteiger partial charge in [-0.25, -0.2) is 9.97 Å². The van der Waals surface area contributed by atoms with E-state index in [2.05, 4.69) is 40.6 Å². The molecular weight excluding hydrogens is 392 g/mol. The van der Waals surface area contributed by atoms with Gasteiger partial charge in [-0.15, -0.1) is 5.10 Å². The number of nitrogens with zero attached hydrogens (tertiary/aromatic N) is 6. The van der Waals surface area contributed by atoms with Crippen molar-refractivity contribution < 1.29 is 4.79 Å². The van der Waals surface area contributed by atoms with E-state index in [0.717, 1.165) is 59.7 Å². The van der Waals surface area contributed by atoms with Crippen LogP contribution in [0, 0.1) is 5.92 Å². The van der Waals surface area contributed by atoms with Gasteiger partial charge in [0.25, 0.3) is 0 Å². The Balaban J connectivity index is 1.17. The number of aromatic amines is 1. The maximum absolute atomic E-state index is 12.7. The highest BCUT2D eigenvalue weighted by Gasteiger charge is 2.24. The maximum Gasteiger partial charge on any atom is 0.152 e. The number of Topliss-reactive ketones (excluding diaryl/α,β-unsaturated/α-hetero) is 1. The van der Waals surface area contributed by atoms with Crippen molar-refractivity contribution >= 4 is 34.0 Å². The summed E-state index contributed by atoms with van der Waals surface area (Å²) in [5.74, 6) is 1.50. The molecule has 1 fully saturated rings. The van der Waals surface area contributed by atoms with Crippen molar-refractivity contribution in [2.24, 2.45) is 21.4 Å². The zero-order chi connectivity index (χ0) is 21.0. The summed E-state index contributed by atoms with van der Waals surface area (Å²) in [7, 11) is 0. The summed E-state index contributed by atoms with van der Waals surface area (Å²) in [6.07, 6.45) is 6.17. The van der Waals surface area contributed by atoms with Gasteiger partial charge in [-0.2, -0.15) is 5.11 Å². The first-order chi connectivity index (χ1) is 15.3. The van der Waals surface area contributed by atoms with E-state index in [1.165, 1.54) is 0 Å². The van der Waals surface area contributed by atoms with E-state index in [4.69, 9.17) is 0 Å². The molecule has 3 aromatic rings. The molecule has 9 nitrogen and oxygen atoms in total. The van der Waals surface area contributed by atoms with Crippen LogP contribution in [-0.4, -0.2) is 52.6 Å². The Bertz CT molecular complexity index is 1150. The molecule has 5 rings (SSSR count). The number of anilines is 2. The molecule has 2 aliphatic heterocycles. The van der Waals surface area contributed by atoms with Crippen LogP contribution in [0.5, 0.6) is 0 Å². The van der Waals surface area contributed by atoms with E-state index in [-0.39, 0.29) is 5.78 Å². The van der Waals surface area contributed by atoms with Gasteiger partial charge in [-0.3, -0.25) is 4.79 Å². The fourth-order valence-corrected chi connectivity index (χ4v) is 4.30. The molecule has 2 aromatic heterocycles. The molecule has 2 aliphatic rings. The van der Waals surface area contributed by atoms with Crippen molar-refractivity contribution in [1.82, 2.24) is 15.0 Å². The minimum Gasteiger partial charge on any atom is -0.378 e. The van der Waals surface area contributed by atoms with Crippen molar-refractivity contribution in [2.75, 3.05) is 36.4 Å². The molecule has 9 heteroatoms. The van der Waals surface area contributed by atoms with Crippen molar-refractivity contribution in [3.8, 4) is 0 Å². The highest BCUT2D eigenvalue weighted by Crippen LogP contribution is 2.28. The van der Waals surface area contributed by atoms with Gasteiger partial charge < -0.3 is 15.2 Å². The number of hydrogen-bond acceptors (Lipinski definition) is 8. The Morgan fingerprint density at radius 3 is 3.13 bits per heavy atom. The van der Waals surface area contributed by atoms with Gasteiger partial charge in [0.1, 0.15) is 24.3 Å². The molecule has 0 unspecified atom stereocenters. The Morgan fingerprint density at radius 2 is 2.23 bits per heavy atom. The number of fused-ring (bicyclic) bond motifs is 1. The maximum atomic E-state index is 12.7. The third-order valence-electron chi connectivity index (χ3n) is 5.80. The number of aromatic nitrogens is 3. The summed E-state index contributed by atoms with van der Waals surface area (Å²) in [5.41, 5.74) is 3.58. The molecule has 1 aromatic carbocycles. The first-order valence-electron chi connectivity index (χ1n) is 10.6. The molecule has 0 saturated carbocycles. The fraction of sp³-hybridized carbons (Fsp3) is 0.364. The molecule has 158 valence electrons. The third kappa shape index (κ3) is 4.30. The second-order valence-corrected chi connectivity index (χ2v) is 8.00. The van der Waals surface area contributed by atoms with Crippen LogP contribution in [0.2, 0.25) is 0 Å². The highest BCUT2D eigenvalue weighted by atomic mass is 16.1. The lowest BCUT2D eigenvalue weighted by molar-refractivity contribution is -0.118. The number of rotatable bonds is 7. The standard InChI is InChI=1S/C22H24N8O/c31-18(11-24-17-5-1-4-16(10-17)20-12-27-29-28-20)9-15-3-2-8-30(13-15)22-19-6-7-23-21(19)25-14-26-22/h1,4-7,10,14-15,24H,2-3,8-9,11-13H2,(H,23,25,26)/t15-/m0/s1. The molecule has 31 heavy (non-hydrogen) atoms. The van der Waals surface area contributed by atoms with Gasteiger partial charge in [-0.05, 0) is 42.2 Å². The lowest BCUT2D eigenvalue weighted by Gasteiger charge is -2.33. The number of piperidine rings is 1. The van der Waals surface area contributed by atoms with Gasteiger partial charge in [0, 0.05) is 37.0 Å². The molecule has 2 N–H and O–H groups in total. The summed E-state index contributed by atoms with van der Waals surface area (Å²) >= 11 is 0. The first-order valence-corrected chi connectivity index (χ1v) is 10.6. The molecule has 0 aliphatic carbocycles. The Hall–Kier alpha value is -3.62. The quantitative estimate of drug-likeness (QED) is 0.613. The van der Waals surface area contributed by atoms with E-state index in [9.17, 15) is 4.79 Å². The second kappa shape index (κ2) is 8.63. The number of ketones is 1. The van der Waals surface area contributed by atoms with E-state index in [0.29, 0.717) is 25.4 Å². The Kier molecular flexibility index (Phi) is 5.39. The zero-order valence-corrected chi connectivity index (χ0v) is 17.2. The van der Waals surface area contributed by atoms with Crippen LogP contribution in [0.1, 0.15) is 24.8 Å². The predicted molar refractivity (Wildman–Crippen MR) is 120 cm³/mol. The van der Waals surface area contributed by atoms with Crippen molar-refractivity contribution in [2.45, 2.75) is 19.3 Å². The molecule has 0 bridgehead atoms. The lowest BCUT2D eigenvalue weighted by atomic mass is 9.92. The van der Waals surface area contributed by atoms with Gasteiger partial charge in [0.05, 0.1) is 17.6 Å². The predicted octanol–water partition coefficient (Wildman–Crippen LogP) is 3.42. The summed E-state index contributed by atoms with van der Waals surface area (Å²) in [5, 5.41) is 15.9. The van der Waals surface area contributed by atoms with Crippen LogP contribution in [0.25, 0.3) is 11.0 Å². The van der Waals surface area contributed by atoms with Gasteiger partial charge in [0.2, 0.25) is 0 Å². The third-order valence-corrected chi connectivity index (χ3v) is 5.80.